The molecule has 3 rings (SSSR count). The Morgan fingerprint density at radius 2 is 1.90 bits per heavy atom. The minimum Gasteiger partial charge on any atom is -0.496 e. The number of nitrogens with one attached hydrogen (secondary N) is 1. The van der Waals surface area contributed by atoms with Crippen LogP contribution >= 0.6 is 11.6 Å². The summed E-state index contributed by atoms with van der Waals surface area (Å²) in [7, 11) is 1.52. The third kappa shape index (κ3) is 2.10. The standard InChI is InChI=1S/C14H9ClF2N2O/c1-20-13-3-2-7(15)4-8(13)14-18-11-5-9(16)10(17)6-12(11)19-14/h2-6H,1H3,(H,18,19). The maximum Gasteiger partial charge on any atom is 0.161 e. The van der Waals surface area contributed by atoms with Gasteiger partial charge in [0.15, 0.2) is 11.6 Å². The first-order valence-electron chi connectivity index (χ1n) is 5.77. The summed E-state index contributed by atoms with van der Waals surface area (Å²) in [5, 5.41) is 0.513. The van der Waals surface area contributed by atoms with Crippen molar-refractivity contribution in [3.63, 3.8) is 0 Å². The lowest BCUT2D eigenvalue weighted by molar-refractivity contribution is 0.416. The lowest BCUT2D eigenvalue weighted by Gasteiger charge is -2.05. The second-order valence-corrected chi connectivity index (χ2v) is 4.65. The molecule has 0 saturated heterocycles. The zero-order valence-corrected chi connectivity index (χ0v) is 11.1. The molecule has 0 spiro atoms. The number of benzene rings is 2. The molecule has 6 heteroatoms. The number of aromatic amines is 1. The number of hydrogen-bond acceptors (Lipinski definition) is 2. The third-order valence-corrected chi connectivity index (χ3v) is 3.18. The van der Waals surface area contributed by atoms with E-state index in [2.05, 4.69) is 9.97 Å². The van der Waals surface area contributed by atoms with Crippen molar-refractivity contribution in [3.8, 4) is 17.1 Å². The van der Waals surface area contributed by atoms with E-state index in [1.165, 1.54) is 7.11 Å². The van der Waals surface area contributed by atoms with E-state index >= 15 is 0 Å². The quantitative estimate of drug-likeness (QED) is 0.770. The maximum absolute atomic E-state index is 13.2. The molecule has 0 saturated carbocycles. The van der Waals surface area contributed by atoms with Gasteiger partial charge in [0, 0.05) is 17.2 Å². The van der Waals surface area contributed by atoms with Crippen LogP contribution in [0.3, 0.4) is 0 Å². The highest BCUT2D eigenvalue weighted by Gasteiger charge is 2.13. The van der Waals surface area contributed by atoms with Crippen LogP contribution in [0.4, 0.5) is 8.78 Å². The van der Waals surface area contributed by atoms with E-state index in [-0.39, 0.29) is 0 Å². The van der Waals surface area contributed by atoms with Gasteiger partial charge >= 0.3 is 0 Å². The van der Waals surface area contributed by atoms with E-state index in [1.54, 1.807) is 18.2 Å². The Labute approximate surface area is 118 Å². The second kappa shape index (κ2) is 4.76. The summed E-state index contributed by atoms with van der Waals surface area (Å²) in [5.41, 5.74) is 1.36. The number of nitrogens with zero attached hydrogens (tertiary/aromatic N) is 1. The highest BCUT2D eigenvalue weighted by atomic mass is 35.5. The Balaban J connectivity index is 2.22. The summed E-state index contributed by atoms with van der Waals surface area (Å²) < 4.78 is 31.6. The van der Waals surface area contributed by atoms with Crippen molar-refractivity contribution in [3.05, 3.63) is 47.0 Å². The Morgan fingerprint density at radius 1 is 1.15 bits per heavy atom. The van der Waals surface area contributed by atoms with Gasteiger partial charge in [-0.05, 0) is 18.2 Å². The molecule has 3 aromatic rings. The summed E-state index contributed by atoms with van der Waals surface area (Å²) in [4.78, 5) is 7.16. The van der Waals surface area contributed by atoms with Gasteiger partial charge in [0.05, 0.1) is 23.7 Å². The Morgan fingerprint density at radius 3 is 2.65 bits per heavy atom. The number of imidazole rings is 1. The number of ether oxygens (including phenoxy) is 1. The Hall–Kier alpha value is -2.14. The summed E-state index contributed by atoms with van der Waals surface area (Å²) in [5.74, 6) is -0.863. The average molecular weight is 295 g/mol. The summed E-state index contributed by atoms with van der Waals surface area (Å²) in [6, 6.07) is 7.17. The summed E-state index contributed by atoms with van der Waals surface area (Å²) >= 11 is 5.96. The SMILES string of the molecule is COc1ccc(Cl)cc1-c1nc2cc(F)c(F)cc2[nH]1. The van der Waals surface area contributed by atoms with Crippen molar-refractivity contribution >= 4 is 22.6 Å². The Bertz CT molecular complexity index is 762. The lowest BCUT2D eigenvalue weighted by atomic mass is 10.2. The highest BCUT2D eigenvalue weighted by Crippen LogP contribution is 2.32. The zero-order valence-electron chi connectivity index (χ0n) is 10.4. The van der Waals surface area contributed by atoms with Crippen molar-refractivity contribution in [2.75, 3.05) is 7.11 Å². The van der Waals surface area contributed by atoms with E-state index in [1.807, 2.05) is 0 Å². The van der Waals surface area contributed by atoms with E-state index in [0.717, 1.165) is 12.1 Å². The van der Waals surface area contributed by atoms with Crippen molar-refractivity contribution in [2.24, 2.45) is 0 Å². The molecule has 2 aromatic carbocycles. The number of methoxy groups -OCH3 is 1. The van der Waals surface area contributed by atoms with Gasteiger partial charge < -0.3 is 9.72 Å². The molecule has 1 aromatic heterocycles. The molecule has 102 valence electrons. The van der Waals surface area contributed by atoms with Crippen LogP contribution in [0.1, 0.15) is 0 Å². The van der Waals surface area contributed by atoms with Gasteiger partial charge in [0.2, 0.25) is 0 Å². The molecule has 0 amide bonds. The molecule has 0 aliphatic rings. The molecule has 0 atom stereocenters. The van der Waals surface area contributed by atoms with Crippen LogP contribution in [-0.4, -0.2) is 17.1 Å². The minimum absolute atomic E-state index is 0.334. The van der Waals surface area contributed by atoms with E-state index in [9.17, 15) is 8.78 Å². The van der Waals surface area contributed by atoms with E-state index in [0.29, 0.717) is 33.2 Å². The second-order valence-electron chi connectivity index (χ2n) is 4.21. The highest BCUT2D eigenvalue weighted by molar-refractivity contribution is 6.30. The summed E-state index contributed by atoms with van der Waals surface area (Å²) in [6.45, 7) is 0. The molecule has 0 aliphatic heterocycles. The van der Waals surface area contributed by atoms with Gasteiger partial charge in [-0.25, -0.2) is 13.8 Å². The summed E-state index contributed by atoms with van der Waals surface area (Å²) in [6.07, 6.45) is 0. The van der Waals surface area contributed by atoms with Crippen LogP contribution in [-0.2, 0) is 0 Å². The minimum atomic E-state index is -0.936. The molecule has 3 nitrogen and oxygen atoms in total. The fourth-order valence-electron chi connectivity index (χ4n) is 2.00. The van der Waals surface area contributed by atoms with Gasteiger partial charge in [0.1, 0.15) is 11.6 Å². The van der Waals surface area contributed by atoms with E-state index < -0.39 is 11.6 Å². The van der Waals surface area contributed by atoms with Crippen molar-refractivity contribution in [2.45, 2.75) is 0 Å². The molecule has 1 heterocycles. The smallest absolute Gasteiger partial charge is 0.161 e. The number of halogens is 3. The molecule has 0 aliphatic carbocycles. The number of fused-ring (bicyclic) bond motifs is 1. The van der Waals surface area contributed by atoms with Crippen LogP contribution in [0.15, 0.2) is 30.3 Å². The normalized spacial score (nSPS) is 11.0. The van der Waals surface area contributed by atoms with Crippen LogP contribution in [0.5, 0.6) is 5.75 Å². The van der Waals surface area contributed by atoms with Crippen LogP contribution < -0.4 is 4.74 Å². The fourth-order valence-corrected chi connectivity index (χ4v) is 2.17. The molecule has 0 radical (unpaired) electrons. The van der Waals surface area contributed by atoms with Gasteiger partial charge in [-0.3, -0.25) is 0 Å². The van der Waals surface area contributed by atoms with Crippen molar-refractivity contribution < 1.29 is 13.5 Å². The fraction of sp³-hybridized carbons (Fsp3) is 0.0714. The topological polar surface area (TPSA) is 37.9 Å². The maximum atomic E-state index is 13.2. The van der Waals surface area contributed by atoms with Crippen LogP contribution in [0.2, 0.25) is 5.02 Å². The number of rotatable bonds is 2. The number of H-pyrrole nitrogens is 1. The molecule has 0 bridgehead atoms. The van der Waals surface area contributed by atoms with Crippen LogP contribution in [0.25, 0.3) is 22.4 Å². The predicted octanol–water partition coefficient (Wildman–Crippen LogP) is 4.17. The molecule has 20 heavy (non-hydrogen) atoms. The van der Waals surface area contributed by atoms with Gasteiger partial charge in [-0.15, -0.1) is 0 Å². The first-order chi connectivity index (χ1) is 9.58. The average Bonchev–Trinajstić information content (AvgIpc) is 2.82. The zero-order chi connectivity index (χ0) is 14.3. The van der Waals surface area contributed by atoms with Gasteiger partial charge in [-0.1, -0.05) is 11.6 Å². The molecular weight excluding hydrogens is 286 g/mol. The van der Waals surface area contributed by atoms with E-state index in [4.69, 9.17) is 16.3 Å². The molecule has 0 unspecified atom stereocenters. The molecular formula is C14H9ClF2N2O. The lowest BCUT2D eigenvalue weighted by Crippen LogP contribution is -1.89. The third-order valence-electron chi connectivity index (χ3n) is 2.94. The first kappa shape index (κ1) is 12.9. The molecule has 0 fully saturated rings. The van der Waals surface area contributed by atoms with Gasteiger partial charge in [-0.2, -0.15) is 0 Å². The monoisotopic (exact) mass is 294 g/mol. The first-order valence-corrected chi connectivity index (χ1v) is 6.15. The van der Waals surface area contributed by atoms with Crippen molar-refractivity contribution in [1.29, 1.82) is 0 Å². The number of aromatic nitrogens is 2. The largest absolute Gasteiger partial charge is 0.496 e. The number of hydrogen-bond donors (Lipinski definition) is 1. The van der Waals surface area contributed by atoms with Crippen molar-refractivity contribution in [1.82, 2.24) is 9.97 Å². The predicted molar refractivity (Wildman–Crippen MR) is 73.0 cm³/mol. The Kier molecular flexibility index (Phi) is 3.06. The molecule has 1 N–H and O–H groups in total. The van der Waals surface area contributed by atoms with Gasteiger partial charge in [0.25, 0.3) is 0 Å². The van der Waals surface area contributed by atoms with Crippen LogP contribution in [0, 0.1) is 11.6 Å².